The van der Waals surface area contributed by atoms with Gasteiger partial charge < -0.3 is 28.1 Å². The number of carbonyl (C=O) groups excluding carboxylic acids is 3. The van der Waals surface area contributed by atoms with Gasteiger partial charge in [-0.25, -0.2) is 4.79 Å². The molecule has 0 spiro atoms. The lowest BCUT2D eigenvalue weighted by Gasteiger charge is -2.40. The van der Waals surface area contributed by atoms with Crippen molar-refractivity contribution < 1.29 is 42.5 Å². The molecule has 0 aromatic heterocycles. The van der Waals surface area contributed by atoms with Crippen LogP contribution in [0, 0.1) is 23.2 Å². The molecule has 10 heteroatoms. The molecule has 1 fully saturated rings. The minimum Gasteiger partial charge on any atom is -0.460 e. The van der Waals surface area contributed by atoms with E-state index in [1.54, 1.807) is 0 Å². The Bertz CT molecular complexity index is 1230. The van der Waals surface area contributed by atoms with Crippen molar-refractivity contribution in [3.63, 3.8) is 0 Å². The lowest BCUT2D eigenvalue weighted by atomic mass is 9.80. The monoisotopic (exact) mass is 734 g/mol. The number of cyclic esters (lactones) is 1. The predicted octanol–water partition coefficient (Wildman–Crippen LogP) is 8.91. The van der Waals surface area contributed by atoms with E-state index in [0.717, 1.165) is 18.4 Å². The van der Waals surface area contributed by atoms with Gasteiger partial charge in [-0.15, -0.1) is 0 Å². The van der Waals surface area contributed by atoms with Crippen LogP contribution in [0.4, 0.5) is 0 Å². The molecule has 292 valence electrons. The zero-order chi connectivity index (χ0) is 38.7. The van der Waals surface area contributed by atoms with Crippen molar-refractivity contribution in [1.82, 2.24) is 0 Å². The van der Waals surface area contributed by atoms with Crippen LogP contribution in [0.15, 0.2) is 36.0 Å². The van der Waals surface area contributed by atoms with Crippen LogP contribution in [0.5, 0.6) is 0 Å². The van der Waals surface area contributed by atoms with Gasteiger partial charge in [-0.3, -0.25) is 9.59 Å². The fraction of sp³-hybridized carbons (Fsp3) is 0.780. The summed E-state index contributed by atoms with van der Waals surface area (Å²) in [6, 6.07) is 0. The molecule has 1 saturated heterocycles. The number of hydrogen-bond acceptors (Lipinski definition) is 9. The molecule has 9 atom stereocenters. The number of allylic oxidation sites excluding steroid dienone is 3. The van der Waals surface area contributed by atoms with E-state index in [1.165, 1.54) is 6.92 Å². The summed E-state index contributed by atoms with van der Waals surface area (Å²) in [5.74, 6) is -0.770. The van der Waals surface area contributed by atoms with Gasteiger partial charge in [0.05, 0.1) is 24.7 Å². The van der Waals surface area contributed by atoms with Crippen molar-refractivity contribution in [2.24, 2.45) is 23.2 Å². The Kier molecular flexibility index (Phi) is 17.3. The third-order valence-corrected chi connectivity index (χ3v) is 15.4. The van der Waals surface area contributed by atoms with Crippen LogP contribution >= 0.6 is 0 Å². The molecule has 0 aromatic rings. The highest BCUT2D eigenvalue weighted by Gasteiger charge is 2.46. The number of epoxide rings is 1. The molecule has 51 heavy (non-hydrogen) atoms. The fourth-order valence-electron chi connectivity index (χ4n) is 6.38. The largest absolute Gasteiger partial charge is 0.460 e. The summed E-state index contributed by atoms with van der Waals surface area (Å²) in [6.07, 6.45) is 12.0. The molecule has 0 aromatic carbocycles. The van der Waals surface area contributed by atoms with Crippen molar-refractivity contribution in [3.8, 4) is 0 Å². The summed E-state index contributed by atoms with van der Waals surface area (Å²) in [4.78, 5) is 37.8. The molecule has 0 N–H and O–H groups in total. The lowest BCUT2D eigenvalue weighted by molar-refractivity contribution is -0.157. The molecular formula is C41H70O9Si. The quantitative estimate of drug-likeness (QED) is 0.0407. The van der Waals surface area contributed by atoms with E-state index < -0.39 is 20.5 Å². The fourth-order valence-corrected chi connectivity index (χ4v) is 7.77. The maximum Gasteiger partial charge on any atom is 0.332 e. The molecule has 0 saturated carbocycles. The molecule has 2 aliphatic rings. The third kappa shape index (κ3) is 14.6. The third-order valence-electron chi connectivity index (χ3n) is 10.8. The van der Waals surface area contributed by atoms with Gasteiger partial charge in [0.25, 0.3) is 0 Å². The maximum atomic E-state index is 13.6. The SMILES string of the molecule is CCOCC(=O)OC(CC)C(C)C1OC1CC(C)/C=C/C=C(\C)C1OC(=O)CC(O[Si](C)(C)C(C)(C)C)CCC(C)(C)C(OC(C)=O)/C=C/C1C. The van der Waals surface area contributed by atoms with Gasteiger partial charge >= 0.3 is 17.9 Å². The summed E-state index contributed by atoms with van der Waals surface area (Å²) >= 11 is 0. The number of hydrogen-bond donors (Lipinski definition) is 0. The van der Waals surface area contributed by atoms with E-state index in [-0.39, 0.29) is 83.6 Å². The standard InChI is InChI=1S/C41H70O9Si/c1-15-33(47-37(44)26-45-16-2)30(6)39-34(48-39)24-27(3)18-17-19-28(4)38-29(5)20-21-35(46-31(7)42)41(11,12)23-22-32(25-36(43)49-38)50-51(13,14)40(8,9)10/h17-21,27,29-30,32-35,38-39H,15-16,22-26H2,1-14H3/b18-17+,21-20+,28-19+. The molecule has 0 aliphatic carbocycles. The average Bonchev–Trinajstić information content (AvgIpc) is 3.79. The Balaban J connectivity index is 2.21. The van der Waals surface area contributed by atoms with Gasteiger partial charge in [0, 0.05) is 30.8 Å². The van der Waals surface area contributed by atoms with Crippen LogP contribution in [0.25, 0.3) is 0 Å². The van der Waals surface area contributed by atoms with Crippen molar-refractivity contribution in [2.75, 3.05) is 13.2 Å². The van der Waals surface area contributed by atoms with E-state index in [4.69, 9.17) is 28.1 Å². The Morgan fingerprint density at radius 1 is 1.12 bits per heavy atom. The van der Waals surface area contributed by atoms with Gasteiger partial charge in [0.2, 0.25) is 0 Å². The van der Waals surface area contributed by atoms with Gasteiger partial charge in [0.1, 0.15) is 24.9 Å². The lowest BCUT2D eigenvalue weighted by Crippen LogP contribution is -2.45. The van der Waals surface area contributed by atoms with E-state index in [0.29, 0.717) is 19.4 Å². The van der Waals surface area contributed by atoms with Gasteiger partial charge in [0.15, 0.2) is 8.32 Å². The molecular weight excluding hydrogens is 665 g/mol. The zero-order valence-corrected chi connectivity index (χ0v) is 35.2. The summed E-state index contributed by atoms with van der Waals surface area (Å²) in [7, 11) is -2.18. The first-order valence-electron chi connectivity index (χ1n) is 19.1. The Morgan fingerprint density at radius 2 is 1.78 bits per heavy atom. The molecule has 2 rings (SSSR count). The van der Waals surface area contributed by atoms with Crippen molar-refractivity contribution >= 4 is 26.2 Å². The van der Waals surface area contributed by atoms with Crippen LogP contribution in [0.1, 0.15) is 115 Å². The molecule has 0 bridgehead atoms. The van der Waals surface area contributed by atoms with Crippen LogP contribution in [-0.4, -0.2) is 76.1 Å². The topological polar surface area (TPSA) is 110 Å². The highest BCUT2D eigenvalue weighted by atomic mass is 28.4. The highest BCUT2D eigenvalue weighted by Crippen LogP contribution is 2.40. The van der Waals surface area contributed by atoms with Crippen molar-refractivity contribution in [1.29, 1.82) is 0 Å². The first-order chi connectivity index (χ1) is 23.6. The van der Waals surface area contributed by atoms with E-state index >= 15 is 0 Å². The molecule has 9 unspecified atom stereocenters. The summed E-state index contributed by atoms with van der Waals surface area (Å²) in [5, 5.41) is -0.0136. The van der Waals surface area contributed by atoms with Gasteiger partial charge in [-0.1, -0.05) is 86.6 Å². The zero-order valence-electron chi connectivity index (χ0n) is 34.2. The van der Waals surface area contributed by atoms with E-state index in [1.807, 2.05) is 52.0 Å². The second-order valence-corrected chi connectivity index (χ2v) is 21.8. The predicted molar refractivity (Wildman–Crippen MR) is 205 cm³/mol. The number of carbonyl (C=O) groups is 3. The molecule has 2 aliphatic heterocycles. The normalized spacial score (nSPS) is 28.8. The van der Waals surface area contributed by atoms with Crippen LogP contribution in [0.2, 0.25) is 18.1 Å². The summed E-state index contributed by atoms with van der Waals surface area (Å²) in [5.41, 5.74) is 0.548. The van der Waals surface area contributed by atoms with Gasteiger partial charge in [-0.2, -0.15) is 0 Å². The second kappa shape index (κ2) is 19.7. The minimum absolute atomic E-state index is 0.0136. The van der Waals surface area contributed by atoms with Crippen LogP contribution in [-0.2, 0) is 42.5 Å². The number of ether oxygens (including phenoxy) is 5. The van der Waals surface area contributed by atoms with E-state index in [2.05, 4.69) is 67.6 Å². The van der Waals surface area contributed by atoms with Crippen LogP contribution < -0.4 is 0 Å². The molecule has 0 radical (unpaired) electrons. The highest BCUT2D eigenvalue weighted by molar-refractivity contribution is 6.74. The molecule has 2 heterocycles. The molecule has 9 nitrogen and oxygen atoms in total. The average molecular weight is 735 g/mol. The number of esters is 3. The summed E-state index contributed by atoms with van der Waals surface area (Å²) < 4.78 is 35.8. The summed E-state index contributed by atoms with van der Waals surface area (Å²) in [6.45, 7) is 29.2. The molecule has 0 amide bonds. The van der Waals surface area contributed by atoms with Gasteiger partial charge in [-0.05, 0) is 75.2 Å². The Labute approximate surface area is 310 Å². The first-order valence-corrected chi connectivity index (χ1v) is 22.0. The smallest absolute Gasteiger partial charge is 0.332 e. The van der Waals surface area contributed by atoms with Crippen LogP contribution in [0.3, 0.4) is 0 Å². The Hall–Kier alpha value is -2.27. The van der Waals surface area contributed by atoms with E-state index in [9.17, 15) is 14.4 Å². The minimum atomic E-state index is -2.18. The Morgan fingerprint density at radius 3 is 2.37 bits per heavy atom. The van der Waals surface area contributed by atoms with Crippen molar-refractivity contribution in [2.45, 2.75) is 170 Å². The number of rotatable bonds is 15. The van der Waals surface area contributed by atoms with Crippen molar-refractivity contribution in [3.05, 3.63) is 36.0 Å². The first kappa shape index (κ1) is 44.9. The second-order valence-electron chi connectivity index (χ2n) is 17.0. The maximum absolute atomic E-state index is 13.6.